The maximum Gasteiger partial charge on any atom is 0.272 e. The van der Waals surface area contributed by atoms with Gasteiger partial charge in [0, 0.05) is 31.5 Å². The molecule has 2 saturated heterocycles. The zero-order valence-corrected chi connectivity index (χ0v) is 18.1. The van der Waals surface area contributed by atoms with Gasteiger partial charge in [0.25, 0.3) is 5.91 Å². The van der Waals surface area contributed by atoms with Gasteiger partial charge in [-0.2, -0.15) is 4.31 Å². The molecular formula is C22H30N4O3S. The molecule has 2 N–H and O–H groups in total. The number of aromatic nitrogens is 1. The number of amides is 1. The van der Waals surface area contributed by atoms with E-state index in [1.54, 1.807) is 0 Å². The van der Waals surface area contributed by atoms with E-state index in [9.17, 15) is 13.2 Å². The summed E-state index contributed by atoms with van der Waals surface area (Å²) in [6, 6.07) is 9.28. The van der Waals surface area contributed by atoms with Crippen molar-refractivity contribution in [3.63, 3.8) is 0 Å². The molecule has 8 heteroatoms. The van der Waals surface area contributed by atoms with E-state index in [-0.39, 0.29) is 16.5 Å². The number of sulfonamides is 1. The van der Waals surface area contributed by atoms with Crippen LogP contribution in [0.25, 0.3) is 0 Å². The van der Waals surface area contributed by atoms with Crippen LogP contribution < -0.4 is 5.32 Å². The lowest BCUT2D eigenvalue weighted by Gasteiger charge is -2.26. The first-order chi connectivity index (χ1) is 14.5. The van der Waals surface area contributed by atoms with Crippen molar-refractivity contribution in [2.24, 2.45) is 0 Å². The van der Waals surface area contributed by atoms with E-state index in [1.165, 1.54) is 41.4 Å². The SMILES string of the molecule is O=C(Nc1ccc(CN2CCCCC2)cc1)c1cc(S(=O)(=O)N2CCCCC2)c[nH]1. The smallest absolute Gasteiger partial charge is 0.272 e. The summed E-state index contributed by atoms with van der Waals surface area (Å²) in [5.41, 5.74) is 2.16. The molecule has 2 aliphatic rings. The molecule has 2 fully saturated rings. The van der Waals surface area contributed by atoms with Crippen LogP contribution in [0.15, 0.2) is 41.4 Å². The second kappa shape index (κ2) is 9.32. The quantitative estimate of drug-likeness (QED) is 0.735. The fraction of sp³-hybridized carbons (Fsp3) is 0.500. The minimum atomic E-state index is -3.55. The van der Waals surface area contributed by atoms with Crippen molar-refractivity contribution in [1.82, 2.24) is 14.2 Å². The second-order valence-corrected chi connectivity index (χ2v) is 10.1. The Morgan fingerprint density at radius 2 is 1.57 bits per heavy atom. The lowest BCUT2D eigenvalue weighted by atomic mass is 10.1. The zero-order chi connectivity index (χ0) is 21.0. The van der Waals surface area contributed by atoms with Crippen LogP contribution in [0, 0.1) is 0 Å². The number of carbonyl (C=O) groups is 1. The summed E-state index contributed by atoms with van der Waals surface area (Å²) < 4.78 is 27.0. The van der Waals surface area contributed by atoms with Gasteiger partial charge in [-0.05, 0) is 62.5 Å². The Labute approximate surface area is 178 Å². The van der Waals surface area contributed by atoms with Crippen LogP contribution in [0.5, 0.6) is 0 Å². The van der Waals surface area contributed by atoms with Crippen LogP contribution in [0.1, 0.15) is 54.6 Å². The molecule has 2 aromatic rings. The summed E-state index contributed by atoms with van der Waals surface area (Å²) in [4.78, 5) is 18.0. The number of rotatable bonds is 6. The van der Waals surface area contributed by atoms with E-state index in [0.717, 1.165) is 38.9 Å². The molecule has 0 radical (unpaired) electrons. The molecule has 4 rings (SSSR count). The molecule has 0 atom stereocenters. The van der Waals surface area contributed by atoms with Crippen LogP contribution in [0.2, 0.25) is 0 Å². The van der Waals surface area contributed by atoms with Gasteiger partial charge in [-0.1, -0.05) is 25.0 Å². The van der Waals surface area contributed by atoms with Gasteiger partial charge in [0.05, 0.1) is 0 Å². The summed E-state index contributed by atoms with van der Waals surface area (Å²) in [6.07, 6.45) is 8.07. The van der Waals surface area contributed by atoms with E-state index < -0.39 is 10.0 Å². The number of benzene rings is 1. The van der Waals surface area contributed by atoms with Crippen molar-refractivity contribution >= 4 is 21.6 Å². The molecule has 30 heavy (non-hydrogen) atoms. The third-order valence-corrected chi connectivity index (χ3v) is 7.80. The molecule has 1 aromatic heterocycles. The maximum atomic E-state index is 12.8. The van der Waals surface area contributed by atoms with E-state index in [0.29, 0.717) is 18.8 Å². The monoisotopic (exact) mass is 430 g/mol. The first-order valence-corrected chi connectivity index (χ1v) is 12.3. The van der Waals surface area contributed by atoms with Gasteiger partial charge >= 0.3 is 0 Å². The summed E-state index contributed by atoms with van der Waals surface area (Å²) in [6.45, 7) is 4.31. The van der Waals surface area contributed by atoms with E-state index in [2.05, 4.69) is 15.2 Å². The van der Waals surface area contributed by atoms with Crippen LogP contribution in [-0.4, -0.2) is 54.7 Å². The number of nitrogens with one attached hydrogen (secondary N) is 2. The molecule has 0 unspecified atom stereocenters. The van der Waals surface area contributed by atoms with E-state index in [1.807, 2.05) is 24.3 Å². The van der Waals surface area contributed by atoms with E-state index in [4.69, 9.17) is 0 Å². The van der Waals surface area contributed by atoms with Gasteiger partial charge in [0.1, 0.15) is 10.6 Å². The van der Waals surface area contributed by atoms with Gasteiger partial charge < -0.3 is 10.3 Å². The Hall–Kier alpha value is -2.16. The standard InChI is InChI=1S/C22H30N4O3S/c27-22(21-15-20(16-23-21)30(28,29)26-13-5-2-6-14-26)24-19-9-7-18(8-10-19)17-25-11-3-1-4-12-25/h7-10,15-16,23H,1-6,11-14,17H2,(H,24,27). The Morgan fingerprint density at radius 1 is 0.933 bits per heavy atom. The third kappa shape index (κ3) is 4.94. The Morgan fingerprint density at radius 3 is 2.23 bits per heavy atom. The number of nitrogens with zero attached hydrogens (tertiary/aromatic N) is 2. The Kier molecular flexibility index (Phi) is 6.55. The molecule has 1 amide bonds. The molecule has 2 aliphatic heterocycles. The van der Waals surface area contributed by atoms with Crippen molar-refractivity contribution in [3.05, 3.63) is 47.8 Å². The van der Waals surface area contributed by atoms with Crippen LogP contribution in [-0.2, 0) is 16.6 Å². The normalized spacial score (nSPS) is 18.9. The van der Waals surface area contributed by atoms with Crippen molar-refractivity contribution in [2.75, 3.05) is 31.5 Å². The number of hydrogen-bond donors (Lipinski definition) is 2. The average Bonchev–Trinajstić information content (AvgIpc) is 3.28. The molecule has 0 spiro atoms. The molecular weight excluding hydrogens is 400 g/mol. The van der Waals surface area contributed by atoms with Crippen LogP contribution in [0.3, 0.4) is 0 Å². The van der Waals surface area contributed by atoms with Crippen LogP contribution in [0.4, 0.5) is 5.69 Å². The van der Waals surface area contributed by atoms with E-state index >= 15 is 0 Å². The molecule has 0 bridgehead atoms. The van der Waals surface area contributed by atoms with Crippen molar-refractivity contribution in [3.8, 4) is 0 Å². The molecule has 1 aromatic carbocycles. The van der Waals surface area contributed by atoms with Gasteiger partial charge in [0.15, 0.2) is 0 Å². The summed E-state index contributed by atoms with van der Waals surface area (Å²) in [5, 5.41) is 2.84. The first-order valence-electron chi connectivity index (χ1n) is 10.8. The number of carbonyl (C=O) groups excluding carboxylic acids is 1. The number of aromatic amines is 1. The second-order valence-electron chi connectivity index (χ2n) is 8.20. The number of piperidine rings is 2. The van der Waals surface area contributed by atoms with Gasteiger partial charge in [-0.25, -0.2) is 8.42 Å². The first kappa shape index (κ1) is 21.1. The highest BCUT2D eigenvalue weighted by Crippen LogP contribution is 2.22. The fourth-order valence-corrected chi connectivity index (χ4v) is 5.69. The number of likely N-dealkylation sites (tertiary alicyclic amines) is 1. The summed E-state index contributed by atoms with van der Waals surface area (Å²) in [5.74, 6) is -0.348. The zero-order valence-electron chi connectivity index (χ0n) is 17.3. The van der Waals surface area contributed by atoms with Gasteiger partial charge in [0.2, 0.25) is 10.0 Å². The highest BCUT2D eigenvalue weighted by atomic mass is 32.2. The lowest BCUT2D eigenvalue weighted by molar-refractivity contribution is 0.102. The Balaban J connectivity index is 1.37. The predicted molar refractivity (Wildman–Crippen MR) is 117 cm³/mol. The van der Waals surface area contributed by atoms with Crippen molar-refractivity contribution in [2.45, 2.75) is 50.0 Å². The van der Waals surface area contributed by atoms with Crippen molar-refractivity contribution in [1.29, 1.82) is 0 Å². The maximum absolute atomic E-state index is 12.8. The molecule has 3 heterocycles. The van der Waals surface area contributed by atoms with Crippen molar-refractivity contribution < 1.29 is 13.2 Å². The van der Waals surface area contributed by atoms with Gasteiger partial charge in [-0.15, -0.1) is 0 Å². The van der Waals surface area contributed by atoms with Crippen LogP contribution >= 0.6 is 0 Å². The predicted octanol–water partition coefficient (Wildman–Crippen LogP) is 3.43. The number of anilines is 1. The summed E-state index contributed by atoms with van der Waals surface area (Å²) in [7, 11) is -3.55. The topological polar surface area (TPSA) is 85.5 Å². The minimum absolute atomic E-state index is 0.145. The third-order valence-electron chi connectivity index (χ3n) is 5.92. The average molecular weight is 431 g/mol. The molecule has 162 valence electrons. The number of H-pyrrole nitrogens is 1. The Bertz CT molecular complexity index is 957. The minimum Gasteiger partial charge on any atom is -0.356 e. The summed E-state index contributed by atoms with van der Waals surface area (Å²) >= 11 is 0. The lowest BCUT2D eigenvalue weighted by Crippen LogP contribution is -2.35. The fourth-order valence-electron chi connectivity index (χ4n) is 4.18. The highest BCUT2D eigenvalue weighted by Gasteiger charge is 2.27. The van der Waals surface area contributed by atoms with Gasteiger partial charge in [-0.3, -0.25) is 9.69 Å². The molecule has 0 saturated carbocycles. The molecule has 7 nitrogen and oxygen atoms in total. The largest absolute Gasteiger partial charge is 0.356 e. The molecule has 0 aliphatic carbocycles. The highest BCUT2D eigenvalue weighted by molar-refractivity contribution is 7.89. The number of hydrogen-bond acceptors (Lipinski definition) is 4.